The molecule has 0 aliphatic heterocycles. The second kappa shape index (κ2) is 8.93. The van der Waals surface area contributed by atoms with Crippen molar-refractivity contribution in [2.24, 2.45) is 0 Å². The van der Waals surface area contributed by atoms with Crippen molar-refractivity contribution < 1.29 is 28.4 Å². The Labute approximate surface area is 130 Å². The lowest BCUT2D eigenvalue weighted by atomic mass is 10.2. The third kappa shape index (κ3) is 6.49. The van der Waals surface area contributed by atoms with Gasteiger partial charge in [0.15, 0.2) is 6.61 Å². The molecule has 22 heavy (non-hydrogen) atoms. The van der Waals surface area contributed by atoms with Crippen molar-refractivity contribution in [1.82, 2.24) is 5.32 Å². The van der Waals surface area contributed by atoms with Crippen LogP contribution in [0.2, 0.25) is 0 Å². The van der Waals surface area contributed by atoms with Crippen LogP contribution in [0, 0.1) is 0 Å². The largest absolute Gasteiger partial charge is 0.480 e. The maximum Gasteiger partial charge on any atom is 0.326 e. The summed E-state index contributed by atoms with van der Waals surface area (Å²) in [5.41, 5.74) is 0. The van der Waals surface area contributed by atoms with Gasteiger partial charge in [0.2, 0.25) is 0 Å². The van der Waals surface area contributed by atoms with Crippen LogP contribution in [0.1, 0.15) is 13.3 Å². The molecule has 1 amide bonds. The van der Waals surface area contributed by atoms with Crippen molar-refractivity contribution in [3.63, 3.8) is 0 Å². The number of ether oxygens (including phenoxy) is 1. The lowest BCUT2D eigenvalue weighted by Gasteiger charge is -2.14. The van der Waals surface area contributed by atoms with Crippen LogP contribution in [0.25, 0.3) is 0 Å². The molecule has 0 aromatic heterocycles. The monoisotopic (exact) mass is 327 g/mol. The summed E-state index contributed by atoms with van der Waals surface area (Å²) in [5.74, 6) is -2.49. The molecule has 2 N–H and O–H groups in total. The van der Waals surface area contributed by atoms with Crippen LogP contribution in [-0.2, 0) is 29.9 Å². The standard InChI is InChI=1S/C14H17NO6S/c1-10(16)21-9-13(17)15-12(14(18)19)7-8-22(20)11-5-3-2-4-6-11/h2-6,12H,7-9H2,1H3,(H,15,17)(H,18,19)/t12-,22-/m0/s1. The van der Waals surface area contributed by atoms with E-state index in [1.54, 1.807) is 30.3 Å². The predicted octanol–water partition coefficient (Wildman–Crippen LogP) is 0.317. The van der Waals surface area contributed by atoms with Crippen LogP contribution in [0.15, 0.2) is 35.2 Å². The Morgan fingerprint density at radius 1 is 1.27 bits per heavy atom. The van der Waals surface area contributed by atoms with E-state index in [0.29, 0.717) is 4.90 Å². The van der Waals surface area contributed by atoms with Gasteiger partial charge in [-0.05, 0) is 18.6 Å². The van der Waals surface area contributed by atoms with Gasteiger partial charge in [-0.2, -0.15) is 0 Å². The molecule has 0 saturated heterocycles. The van der Waals surface area contributed by atoms with E-state index in [1.807, 2.05) is 0 Å². The number of carbonyl (C=O) groups is 3. The number of carboxylic acid groups (broad SMARTS) is 1. The molecule has 0 heterocycles. The maximum atomic E-state index is 12.0. The van der Waals surface area contributed by atoms with Crippen LogP contribution in [0.5, 0.6) is 0 Å². The highest BCUT2D eigenvalue weighted by Gasteiger charge is 2.21. The number of benzene rings is 1. The Bertz CT molecular complexity index is 560. The minimum atomic E-state index is -1.35. The fourth-order valence-electron chi connectivity index (χ4n) is 1.58. The first-order valence-corrected chi connectivity index (χ1v) is 7.81. The normalized spacial score (nSPS) is 13.0. The summed E-state index contributed by atoms with van der Waals surface area (Å²) < 4.78 is 16.5. The molecule has 120 valence electrons. The van der Waals surface area contributed by atoms with Crippen molar-refractivity contribution in [1.29, 1.82) is 0 Å². The zero-order chi connectivity index (χ0) is 16.5. The van der Waals surface area contributed by atoms with Crippen LogP contribution in [0.3, 0.4) is 0 Å². The molecule has 0 fully saturated rings. The van der Waals surface area contributed by atoms with Gasteiger partial charge in [0.05, 0.1) is 10.8 Å². The van der Waals surface area contributed by atoms with E-state index >= 15 is 0 Å². The lowest BCUT2D eigenvalue weighted by Crippen LogP contribution is -2.43. The molecule has 0 aliphatic carbocycles. The second-order valence-corrected chi connectivity index (χ2v) is 5.96. The second-order valence-electron chi connectivity index (χ2n) is 4.39. The van der Waals surface area contributed by atoms with E-state index in [1.165, 1.54) is 0 Å². The number of nitrogens with one attached hydrogen (secondary N) is 1. The zero-order valence-corrected chi connectivity index (χ0v) is 12.8. The predicted molar refractivity (Wildman–Crippen MR) is 78.5 cm³/mol. The molecule has 0 aliphatic rings. The summed E-state index contributed by atoms with van der Waals surface area (Å²) in [7, 11) is -1.35. The number of hydrogen-bond acceptors (Lipinski definition) is 5. The van der Waals surface area contributed by atoms with E-state index in [2.05, 4.69) is 10.1 Å². The lowest BCUT2D eigenvalue weighted by molar-refractivity contribution is -0.148. The van der Waals surface area contributed by atoms with Gasteiger partial charge in [-0.1, -0.05) is 18.2 Å². The average molecular weight is 327 g/mol. The molecule has 0 bridgehead atoms. The Morgan fingerprint density at radius 3 is 2.45 bits per heavy atom. The van der Waals surface area contributed by atoms with Crippen molar-refractivity contribution in [3.8, 4) is 0 Å². The zero-order valence-electron chi connectivity index (χ0n) is 12.0. The van der Waals surface area contributed by atoms with E-state index in [9.17, 15) is 18.6 Å². The molecule has 8 heteroatoms. The summed E-state index contributed by atoms with van der Waals surface area (Å²) >= 11 is 0. The highest BCUT2D eigenvalue weighted by atomic mass is 32.2. The molecule has 1 aromatic rings. The van der Waals surface area contributed by atoms with Crippen molar-refractivity contribution in [2.75, 3.05) is 12.4 Å². The van der Waals surface area contributed by atoms with E-state index in [4.69, 9.17) is 5.11 Å². The number of hydrogen-bond donors (Lipinski definition) is 2. The topological polar surface area (TPSA) is 110 Å². The number of carboxylic acids is 1. The quantitative estimate of drug-likeness (QED) is 0.665. The highest BCUT2D eigenvalue weighted by Crippen LogP contribution is 2.08. The first-order chi connectivity index (χ1) is 10.4. The summed E-state index contributed by atoms with van der Waals surface area (Å²) in [6.07, 6.45) is 0.00263. The van der Waals surface area contributed by atoms with Gasteiger partial charge in [-0.3, -0.25) is 13.8 Å². The third-order valence-corrected chi connectivity index (χ3v) is 4.04. The minimum absolute atomic E-state index is 0.00263. The Balaban J connectivity index is 2.51. The number of esters is 1. The van der Waals surface area contributed by atoms with Crippen molar-refractivity contribution in [3.05, 3.63) is 30.3 Å². The van der Waals surface area contributed by atoms with Gasteiger partial charge in [0.1, 0.15) is 6.04 Å². The van der Waals surface area contributed by atoms with E-state index < -0.39 is 41.3 Å². The van der Waals surface area contributed by atoms with E-state index in [-0.39, 0.29) is 12.2 Å². The molecule has 7 nitrogen and oxygen atoms in total. The minimum Gasteiger partial charge on any atom is -0.480 e. The SMILES string of the molecule is CC(=O)OCC(=O)N[C@@H](CC[S@](=O)c1ccccc1)C(=O)O. The Hall–Kier alpha value is -2.22. The number of carbonyl (C=O) groups excluding carboxylic acids is 2. The van der Waals surface area contributed by atoms with Crippen molar-refractivity contribution >= 4 is 28.6 Å². The molecule has 2 atom stereocenters. The number of rotatable bonds is 8. The van der Waals surface area contributed by atoms with Crippen LogP contribution >= 0.6 is 0 Å². The summed E-state index contributed by atoms with van der Waals surface area (Å²) in [5, 5.41) is 11.3. The van der Waals surface area contributed by atoms with Gasteiger partial charge in [-0.15, -0.1) is 0 Å². The molecule has 0 saturated carbocycles. The summed E-state index contributed by atoms with van der Waals surface area (Å²) in [6, 6.07) is 7.45. The first-order valence-electron chi connectivity index (χ1n) is 6.49. The molecular weight excluding hydrogens is 310 g/mol. The van der Waals surface area contributed by atoms with Gasteiger partial charge < -0.3 is 15.2 Å². The van der Waals surface area contributed by atoms with Crippen LogP contribution in [-0.4, -0.2) is 45.6 Å². The Kier molecular flexibility index (Phi) is 7.24. The molecule has 1 aromatic carbocycles. The smallest absolute Gasteiger partial charge is 0.326 e. The summed E-state index contributed by atoms with van der Waals surface area (Å²) in [6.45, 7) is 0.603. The first kappa shape index (κ1) is 17.8. The molecule has 1 rings (SSSR count). The van der Waals surface area contributed by atoms with Gasteiger partial charge >= 0.3 is 11.9 Å². The fraction of sp³-hybridized carbons (Fsp3) is 0.357. The number of amides is 1. The fourth-order valence-corrected chi connectivity index (χ4v) is 2.72. The maximum absolute atomic E-state index is 12.0. The van der Waals surface area contributed by atoms with Crippen molar-refractivity contribution in [2.45, 2.75) is 24.3 Å². The highest BCUT2D eigenvalue weighted by molar-refractivity contribution is 7.85. The number of aliphatic carboxylic acids is 1. The Morgan fingerprint density at radius 2 is 1.91 bits per heavy atom. The van der Waals surface area contributed by atoms with Gasteiger partial charge in [0.25, 0.3) is 5.91 Å². The molecule has 0 radical (unpaired) electrons. The van der Waals surface area contributed by atoms with Gasteiger partial charge in [0, 0.05) is 17.6 Å². The average Bonchev–Trinajstić information content (AvgIpc) is 2.49. The molecular formula is C14H17NO6S. The van der Waals surface area contributed by atoms with Gasteiger partial charge in [-0.25, -0.2) is 4.79 Å². The molecule has 0 spiro atoms. The summed E-state index contributed by atoms with van der Waals surface area (Å²) in [4.78, 5) is 33.7. The van der Waals surface area contributed by atoms with E-state index in [0.717, 1.165) is 6.92 Å². The van der Waals surface area contributed by atoms with Crippen LogP contribution < -0.4 is 5.32 Å². The third-order valence-electron chi connectivity index (χ3n) is 2.64. The molecule has 0 unspecified atom stereocenters. The van der Waals surface area contributed by atoms with Crippen LogP contribution in [0.4, 0.5) is 0 Å².